The summed E-state index contributed by atoms with van der Waals surface area (Å²) < 4.78 is 1.57. The standard InChI is InChI=1S/C21H17N5O/c22-12-10-15-14-16(11-13-23-15)24-21-25-19-9-5-4-8-18(19)20(27)26(21)17-6-2-1-3-7-17/h1-14H,22H2,(H,23,24,25)/b12-10-. The Bertz CT molecular complexity index is 1180. The van der Waals surface area contributed by atoms with E-state index in [-0.39, 0.29) is 5.56 Å². The molecule has 0 aliphatic rings. The fourth-order valence-corrected chi connectivity index (χ4v) is 2.88. The van der Waals surface area contributed by atoms with Gasteiger partial charge in [-0.3, -0.25) is 9.78 Å². The second-order valence-electron chi connectivity index (χ2n) is 5.88. The van der Waals surface area contributed by atoms with Crippen molar-refractivity contribution in [2.75, 3.05) is 5.32 Å². The molecule has 0 fully saturated rings. The number of pyridine rings is 1. The number of nitrogens with two attached hydrogens (primary N) is 1. The van der Waals surface area contributed by atoms with Crippen molar-refractivity contribution in [2.24, 2.45) is 5.73 Å². The van der Waals surface area contributed by atoms with Crippen molar-refractivity contribution >= 4 is 28.6 Å². The summed E-state index contributed by atoms with van der Waals surface area (Å²) in [6.45, 7) is 0. The first-order valence-corrected chi connectivity index (χ1v) is 8.45. The Balaban J connectivity index is 1.91. The van der Waals surface area contributed by atoms with Crippen molar-refractivity contribution in [3.8, 4) is 5.69 Å². The lowest BCUT2D eigenvalue weighted by molar-refractivity contribution is 0.974. The van der Waals surface area contributed by atoms with Crippen LogP contribution in [-0.2, 0) is 0 Å². The highest BCUT2D eigenvalue weighted by Gasteiger charge is 2.13. The summed E-state index contributed by atoms with van der Waals surface area (Å²) in [4.78, 5) is 22.0. The normalized spacial score (nSPS) is 11.1. The molecule has 0 atom stereocenters. The predicted octanol–water partition coefficient (Wildman–Crippen LogP) is 3.45. The summed E-state index contributed by atoms with van der Waals surface area (Å²) in [6, 6.07) is 20.4. The SMILES string of the molecule is N/C=C\c1cc(Nc2nc3ccccc3c(=O)n2-c2ccccc2)ccn1. The Morgan fingerprint density at radius 2 is 1.78 bits per heavy atom. The number of hydrogen-bond donors (Lipinski definition) is 2. The molecule has 0 unspecified atom stereocenters. The number of aromatic nitrogens is 3. The van der Waals surface area contributed by atoms with Crippen molar-refractivity contribution in [1.29, 1.82) is 0 Å². The van der Waals surface area contributed by atoms with E-state index < -0.39 is 0 Å². The van der Waals surface area contributed by atoms with Crippen LogP contribution in [-0.4, -0.2) is 14.5 Å². The minimum atomic E-state index is -0.134. The summed E-state index contributed by atoms with van der Waals surface area (Å²) in [5.74, 6) is 0.429. The molecule has 0 saturated heterocycles. The first kappa shape index (κ1) is 16.5. The van der Waals surface area contributed by atoms with Gasteiger partial charge >= 0.3 is 0 Å². The summed E-state index contributed by atoms with van der Waals surface area (Å²) in [7, 11) is 0. The zero-order valence-corrected chi connectivity index (χ0v) is 14.4. The maximum Gasteiger partial charge on any atom is 0.267 e. The van der Waals surface area contributed by atoms with Crippen LogP contribution in [0.15, 0.2) is 83.9 Å². The lowest BCUT2D eigenvalue weighted by atomic mass is 10.2. The number of nitrogens with one attached hydrogen (secondary N) is 1. The molecule has 2 aromatic carbocycles. The highest BCUT2D eigenvalue weighted by molar-refractivity contribution is 5.80. The molecule has 4 rings (SSSR count). The fourth-order valence-electron chi connectivity index (χ4n) is 2.88. The Kier molecular flexibility index (Phi) is 4.37. The van der Waals surface area contributed by atoms with Crippen molar-refractivity contribution in [2.45, 2.75) is 0 Å². The predicted molar refractivity (Wildman–Crippen MR) is 108 cm³/mol. The minimum Gasteiger partial charge on any atom is -0.405 e. The third-order valence-corrected chi connectivity index (χ3v) is 4.09. The number of nitrogens with zero attached hydrogens (tertiary/aromatic N) is 3. The number of hydrogen-bond acceptors (Lipinski definition) is 5. The Hall–Kier alpha value is -3.93. The van der Waals surface area contributed by atoms with Crippen LogP contribution < -0.4 is 16.6 Å². The van der Waals surface area contributed by atoms with Crippen LogP contribution in [0.4, 0.5) is 11.6 Å². The second kappa shape index (κ2) is 7.13. The molecule has 2 aromatic heterocycles. The van der Waals surface area contributed by atoms with E-state index in [4.69, 9.17) is 5.73 Å². The van der Waals surface area contributed by atoms with Crippen molar-refractivity contribution in [3.63, 3.8) is 0 Å². The van der Waals surface area contributed by atoms with Gasteiger partial charge in [0, 0.05) is 11.9 Å². The van der Waals surface area contributed by atoms with Gasteiger partial charge in [0.15, 0.2) is 0 Å². The van der Waals surface area contributed by atoms with Crippen molar-refractivity contribution < 1.29 is 0 Å². The molecule has 0 saturated carbocycles. The lowest BCUT2D eigenvalue weighted by Crippen LogP contribution is -2.22. The molecule has 0 amide bonds. The van der Waals surface area contributed by atoms with Gasteiger partial charge in [0.1, 0.15) is 0 Å². The van der Waals surface area contributed by atoms with Gasteiger partial charge in [-0.05, 0) is 48.7 Å². The van der Waals surface area contributed by atoms with Gasteiger partial charge in [-0.15, -0.1) is 0 Å². The van der Waals surface area contributed by atoms with Crippen LogP contribution in [0.3, 0.4) is 0 Å². The smallest absolute Gasteiger partial charge is 0.267 e. The molecule has 0 aliphatic carbocycles. The average molecular weight is 355 g/mol. The van der Waals surface area contributed by atoms with Gasteiger partial charge in [-0.2, -0.15) is 0 Å². The Morgan fingerprint density at radius 1 is 1.00 bits per heavy atom. The topological polar surface area (TPSA) is 85.8 Å². The number of para-hydroxylation sites is 2. The molecule has 2 heterocycles. The highest BCUT2D eigenvalue weighted by Crippen LogP contribution is 2.20. The average Bonchev–Trinajstić information content (AvgIpc) is 2.69. The monoisotopic (exact) mass is 355 g/mol. The molecule has 0 spiro atoms. The molecule has 0 radical (unpaired) electrons. The summed E-state index contributed by atoms with van der Waals surface area (Å²) >= 11 is 0. The second-order valence-corrected chi connectivity index (χ2v) is 5.88. The zero-order chi connectivity index (χ0) is 18.6. The third-order valence-electron chi connectivity index (χ3n) is 4.09. The molecular formula is C21H17N5O. The Labute approximate surface area is 155 Å². The molecular weight excluding hydrogens is 338 g/mol. The van der Waals surface area contributed by atoms with Crippen LogP contribution in [0.5, 0.6) is 0 Å². The molecule has 27 heavy (non-hydrogen) atoms. The maximum atomic E-state index is 13.2. The summed E-state index contributed by atoms with van der Waals surface area (Å²) in [6.07, 6.45) is 4.80. The van der Waals surface area contributed by atoms with Gasteiger partial charge in [0.25, 0.3) is 5.56 Å². The highest BCUT2D eigenvalue weighted by atomic mass is 16.1. The number of anilines is 2. The van der Waals surface area contributed by atoms with E-state index >= 15 is 0 Å². The van der Waals surface area contributed by atoms with Gasteiger partial charge in [-0.25, -0.2) is 9.55 Å². The van der Waals surface area contributed by atoms with Gasteiger partial charge < -0.3 is 11.1 Å². The Morgan fingerprint density at radius 3 is 2.59 bits per heavy atom. The summed E-state index contributed by atoms with van der Waals surface area (Å²) in [5, 5.41) is 3.80. The number of rotatable bonds is 4. The third kappa shape index (κ3) is 3.28. The van der Waals surface area contributed by atoms with Gasteiger partial charge in [-0.1, -0.05) is 30.3 Å². The molecule has 3 N–H and O–H groups in total. The quantitative estimate of drug-likeness (QED) is 0.585. The van der Waals surface area contributed by atoms with E-state index in [0.717, 1.165) is 11.4 Å². The van der Waals surface area contributed by atoms with Crippen LogP contribution in [0.2, 0.25) is 0 Å². The number of benzene rings is 2. The molecule has 4 aromatic rings. The first-order valence-electron chi connectivity index (χ1n) is 8.45. The molecule has 0 aliphatic heterocycles. The van der Waals surface area contributed by atoms with Crippen LogP contribution in [0.25, 0.3) is 22.7 Å². The maximum absolute atomic E-state index is 13.2. The first-order chi connectivity index (χ1) is 13.3. The lowest BCUT2D eigenvalue weighted by Gasteiger charge is -2.15. The van der Waals surface area contributed by atoms with E-state index in [9.17, 15) is 4.79 Å². The van der Waals surface area contributed by atoms with Gasteiger partial charge in [0.2, 0.25) is 5.95 Å². The van der Waals surface area contributed by atoms with Crippen molar-refractivity contribution in [3.05, 3.63) is 95.2 Å². The van der Waals surface area contributed by atoms with E-state index in [1.807, 2.05) is 60.7 Å². The number of fused-ring (bicyclic) bond motifs is 1. The van der Waals surface area contributed by atoms with Gasteiger partial charge in [0.05, 0.1) is 22.3 Å². The van der Waals surface area contributed by atoms with E-state index in [1.54, 1.807) is 22.9 Å². The molecule has 6 heteroatoms. The van der Waals surface area contributed by atoms with E-state index in [0.29, 0.717) is 22.5 Å². The minimum absolute atomic E-state index is 0.134. The largest absolute Gasteiger partial charge is 0.405 e. The summed E-state index contributed by atoms with van der Waals surface area (Å²) in [5.41, 5.74) is 8.14. The van der Waals surface area contributed by atoms with Crippen molar-refractivity contribution in [1.82, 2.24) is 14.5 Å². The van der Waals surface area contributed by atoms with E-state index in [2.05, 4.69) is 15.3 Å². The van der Waals surface area contributed by atoms with E-state index in [1.165, 1.54) is 6.20 Å². The zero-order valence-electron chi connectivity index (χ0n) is 14.4. The van der Waals surface area contributed by atoms with Crippen LogP contribution in [0.1, 0.15) is 5.69 Å². The van der Waals surface area contributed by atoms with Crippen LogP contribution in [0, 0.1) is 0 Å². The molecule has 132 valence electrons. The van der Waals surface area contributed by atoms with Crippen LogP contribution >= 0.6 is 0 Å². The fraction of sp³-hybridized carbons (Fsp3) is 0. The molecule has 0 bridgehead atoms. The molecule has 6 nitrogen and oxygen atoms in total.